The van der Waals surface area contributed by atoms with Crippen molar-refractivity contribution in [2.75, 3.05) is 13.2 Å². The normalized spacial score (nSPS) is 18.4. The smallest absolute Gasteiger partial charge is 0.207 e. The van der Waals surface area contributed by atoms with Crippen molar-refractivity contribution in [3.63, 3.8) is 0 Å². The Kier molecular flexibility index (Phi) is 9.69. The van der Waals surface area contributed by atoms with Crippen molar-refractivity contribution >= 4 is 0 Å². The van der Waals surface area contributed by atoms with Crippen LogP contribution in [-0.4, -0.2) is 19.0 Å². The summed E-state index contributed by atoms with van der Waals surface area (Å²) in [6.07, 6.45) is 19.0. The van der Waals surface area contributed by atoms with E-state index in [1.807, 2.05) is 6.08 Å². The maximum Gasteiger partial charge on any atom is 0.207 e. The molecule has 0 aromatic carbocycles. The van der Waals surface area contributed by atoms with E-state index < -0.39 is 5.79 Å². The molecule has 0 N–H and O–H groups in total. The Morgan fingerprint density at radius 3 is 2.15 bits per heavy atom. The highest BCUT2D eigenvalue weighted by molar-refractivity contribution is 5.07. The zero-order valence-corrected chi connectivity index (χ0v) is 13.2. The van der Waals surface area contributed by atoms with Crippen LogP contribution in [0.4, 0.5) is 0 Å². The molecule has 1 aliphatic rings. The molecule has 1 rings (SSSR count). The Labute approximate surface area is 125 Å². The first-order chi connectivity index (χ1) is 9.83. The van der Waals surface area contributed by atoms with Gasteiger partial charge in [-0.1, -0.05) is 64.5 Å². The third-order valence-corrected chi connectivity index (χ3v) is 3.80. The van der Waals surface area contributed by atoms with Gasteiger partial charge in [0, 0.05) is 0 Å². The predicted molar refractivity (Wildman–Crippen MR) is 85.8 cm³/mol. The SMILES string of the molecule is C=CC1(/C=C/CCCCCCCCCC)OCCCO1. The molecule has 2 nitrogen and oxygen atoms in total. The lowest BCUT2D eigenvalue weighted by molar-refractivity contribution is -0.205. The van der Waals surface area contributed by atoms with Crippen molar-refractivity contribution in [2.24, 2.45) is 0 Å². The van der Waals surface area contributed by atoms with Gasteiger partial charge in [0.2, 0.25) is 5.79 Å². The fraction of sp³-hybridized carbons (Fsp3) is 0.778. The molecule has 0 radical (unpaired) electrons. The van der Waals surface area contributed by atoms with Gasteiger partial charge in [-0.05, 0) is 31.4 Å². The monoisotopic (exact) mass is 280 g/mol. The quantitative estimate of drug-likeness (QED) is 0.373. The second-order valence-corrected chi connectivity index (χ2v) is 5.64. The van der Waals surface area contributed by atoms with E-state index >= 15 is 0 Å². The summed E-state index contributed by atoms with van der Waals surface area (Å²) in [5.41, 5.74) is 0. The van der Waals surface area contributed by atoms with Crippen molar-refractivity contribution in [3.05, 3.63) is 24.8 Å². The standard InChI is InChI=1S/C18H32O2/c1-3-5-6-7-8-9-10-11-12-13-15-18(4-2)19-16-14-17-20-18/h4,13,15H,2-3,5-12,14,16-17H2,1H3/b15-13+. The van der Waals surface area contributed by atoms with Crippen molar-refractivity contribution in [3.8, 4) is 0 Å². The molecule has 2 heteroatoms. The summed E-state index contributed by atoms with van der Waals surface area (Å²) in [7, 11) is 0. The minimum Gasteiger partial charge on any atom is -0.343 e. The summed E-state index contributed by atoms with van der Waals surface area (Å²) < 4.78 is 11.3. The molecule has 116 valence electrons. The number of rotatable bonds is 11. The largest absolute Gasteiger partial charge is 0.343 e. The highest BCUT2D eigenvalue weighted by Crippen LogP contribution is 2.22. The second-order valence-electron chi connectivity index (χ2n) is 5.64. The average molecular weight is 280 g/mol. The Morgan fingerprint density at radius 1 is 0.950 bits per heavy atom. The molecule has 0 saturated carbocycles. The van der Waals surface area contributed by atoms with Crippen LogP contribution < -0.4 is 0 Å². The van der Waals surface area contributed by atoms with E-state index in [1.165, 1.54) is 51.4 Å². The van der Waals surface area contributed by atoms with Crippen LogP contribution in [0.25, 0.3) is 0 Å². The van der Waals surface area contributed by atoms with Crippen LogP contribution in [0, 0.1) is 0 Å². The van der Waals surface area contributed by atoms with Crippen LogP contribution in [0.3, 0.4) is 0 Å². The van der Waals surface area contributed by atoms with Crippen molar-refractivity contribution < 1.29 is 9.47 Å². The predicted octanol–water partition coefficient (Wildman–Crippen LogP) is 5.39. The van der Waals surface area contributed by atoms with Gasteiger partial charge in [0.05, 0.1) is 13.2 Å². The lowest BCUT2D eigenvalue weighted by Crippen LogP contribution is -2.36. The average Bonchev–Trinajstić information content (AvgIpc) is 2.50. The molecular formula is C18H32O2. The highest BCUT2D eigenvalue weighted by Gasteiger charge is 2.27. The molecule has 0 unspecified atom stereocenters. The first kappa shape index (κ1) is 17.5. The summed E-state index contributed by atoms with van der Waals surface area (Å²) in [5, 5.41) is 0. The van der Waals surface area contributed by atoms with Crippen LogP contribution in [-0.2, 0) is 9.47 Å². The summed E-state index contributed by atoms with van der Waals surface area (Å²) in [4.78, 5) is 0. The molecule has 1 aliphatic heterocycles. The molecule has 20 heavy (non-hydrogen) atoms. The molecule has 1 fully saturated rings. The Bertz CT molecular complexity index is 265. The minimum atomic E-state index is -0.654. The zero-order valence-electron chi connectivity index (χ0n) is 13.2. The maximum absolute atomic E-state index is 5.67. The Balaban J connectivity index is 2.02. The van der Waals surface area contributed by atoms with Crippen molar-refractivity contribution in [1.82, 2.24) is 0 Å². The lowest BCUT2D eigenvalue weighted by atomic mass is 10.1. The van der Waals surface area contributed by atoms with E-state index in [1.54, 1.807) is 6.08 Å². The number of hydrogen-bond donors (Lipinski definition) is 0. The van der Waals surface area contributed by atoms with E-state index in [2.05, 4.69) is 19.6 Å². The molecule has 0 amide bonds. The van der Waals surface area contributed by atoms with Gasteiger partial charge in [-0.2, -0.15) is 0 Å². The summed E-state index contributed by atoms with van der Waals surface area (Å²) >= 11 is 0. The van der Waals surface area contributed by atoms with Crippen molar-refractivity contribution in [1.29, 1.82) is 0 Å². The fourth-order valence-electron chi connectivity index (χ4n) is 2.49. The molecule has 0 spiro atoms. The summed E-state index contributed by atoms with van der Waals surface area (Å²) in [6, 6.07) is 0. The van der Waals surface area contributed by atoms with Gasteiger partial charge in [-0.15, -0.1) is 0 Å². The van der Waals surface area contributed by atoms with E-state index in [0.717, 1.165) is 26.1 Å². The number of unbranched alkanes of at least 4 members (excludes halogenated alkanes) is 8. The van der Waals surface area contributed by atoms with Crippen LogP contribution >= 0.6 is 0 Å². The molecule has 0 aromatic rings. The minimum absolute atomic E-state index is 0.654. The summed E-state index contributed by atoms with van der Waals surface area (Å²) in [6.45, 7) is 7.60. The van der Waals surface area contributed by atoms with E-state index in [0.29, 0.717) is 0 Å². The van der Waals surface area contributed by atoms with E-state index in [9.17, 15) is 0 Å². The van der Waals surface area contributed by atoms with Gasteiger partial charge in [-0.25, -0.2) is 0 Å². The van der Waals surface area contributed by atoms with Crippen LogP contribution in [0.15, 0.2) is 24.8 Å². The van der Waals surface area contributed by atoms with E-state index in [4.69, 9.17) is 9.47 Å². The third-order valence-electron chi connectivity index (χ3n) is 3.80. The second kappa shape index (κ2) is 11.1. The summed E-state index contributed by atoms with van der Waals surface area (Å²) in [5.74, 6) is -0.654. The van der Waals surface area contributed by atoms with Gasteiger partial charge in [0.15, 0.2) is 0 Å². The van der Waals surface area contributed by atoms with Crippen LogP contribution in [0.2, 0.25) is 0 Å². The van der Waals surface area contributed by atoms with Gasteiger partial charge in [-0.3, -0.25) is 0 Å². The van der Waals surface area contributed by atoms with Crippen LogP contribution in [0.5, 0.6) is 0 Å². The van der Waals surface area contributed by atoms with E-state index in [-0.39, 0.29) is 0 Å². The molecule has 0 bridgehead atoms. The molecular weight excluding hydrogens is 248 g/mol. The molecule has 0 aliphatic carbocycles. The number of hydrogen-bond acceptors (Lipinski definition) is 2. The molecule has 0 aromatic heterocycles. The highest BCUT2D eigenvalue weighted by atomic mass is 16.7. The maximum atomic E-state index is 5.67. The van der Waals surface area contributed by atoms with Gasteiger partial charge < -0.3 is 9.47 Å². The third kappa shape index (κ3) is 7.25. The first-order valence-corrected chi connectivity index (χ1v) is 8.42. The zero-order chi connectivity index (χ0) is 14.5. The van der Waals surface area contributed by atoms with Gasteiger partial charge in [0.25, 0.3) is 0 Å². The Morgan fingerprint density at radius 2 is 1.55 bits per heavy atom. The number of ether oxygens (including phenoxy) is 2. The molecule has 0 atom stereocenters. The van der Waals surface area contributed by atoms with Gasteiger partial charge in [0.1, 0.15) is 0 Å². The van der Waals surface area contributed by atoms with Crippen molar-refractivity contribution in [2.45, 2.75) is 76.9 Å². The fourth-order valence-corrected chi connectivity index (χ4v) is 2.49. The van der Waals surface area contributed by atoms with Gasteiger partial charge >= 0.3 is 0 Å². The molecule has 1 heterocycles. The first-order valence-electron chi connectivity index (χ1n) is 8.42. The lowest BCUT2D eigenvalue weighted by Gasteiger charge is -2.31. The molecule has 1 saturated heterocycles. The van der Waals surface area contributed by atoms with Crippen LogP contribution in [0.1, 0.15) is 71.1 Å². The number of allylic oxidation sites excluding steroid dienone is 1. The Hall–Kier alpha value is -0.600. The topological polar surface area (TPSA) is 18.5 Å².